The second kappa shape index (κ2) is 5.69. The first-order valence-corrected chi connectivity index (χ1v) is 6.21. The molecule has 0 saturated carbocycles. The molecule has 19 heavy (non-hydrogen) atoms. The van der Waals surface area contributed by atoms with Crippen molar-refractivity contribution < 1.29 is 9.47 Å². The van der Waals surface area contributed by atoms with Crippen LogP contribution in [0.5, 0.6) is 11.8 Å². The summed E-state index contributed by atoms with van der Waals surface area (Å²) in [6.45, 7) is 4.35. The molecule has 0 amide bonds. The molecule has 0 fully saturated rings. The second-order valence-corrected chi connectivity index (χ2v) is 4.59. The predicted octanol–water partition coefficient (Wildman–Crippen LogP) is 3.28. The van der Waals surface area contributed by atoms with Gasteiger partial charge in [0.05, 0.1) is 19.8 Å². The molecule has 0 atom stereocenters. The monoisotopic (exact) mass is 258 g/mol. The van der Waals surface area contributed by atoms with Gasteiger partial charge in [0, 0.05) is 6.07 Å². The summed E-state index contributed by atoms with van der Waals surface area (Å²) >= 11 is 0. The Hall–Kier alpha value is -2.10. The van der Waals surface area contributed by atoms with Crippen molar-refractivity contribution in [2.24, 2.45) is 0 Å². The summed E-state index contributed by atoms with van der Waals surface area (Å²) in [5.41, 5.74) is 3.22. The molecule has 1 aromatic carbocycles. The van der Waals surface area contributed by atoms with Crippen molar-refractivity contribution in [2.45, 2.75) is 19.8 Å². The molecule has 0 bridgehead atoms. The van der Waals surface area contributed by atoms with Crippen LogP contribution >= 0.6 is 0 Å². The lowest BCUT2D eigenvalue weighted by Gasteiger charge is -2.10. The highest BCUT2D eigenvalue weighted by Gasteiger charge is 2.10. The molecule has 1 aromatic heterocycles. The van der Waals surface area contributed by atoms with E-state index < -0.39 is 0 Å². The number of benzene rings is 1. The zero-order chi connectivity index (χ0) is 13.8. The van der Waals surface area contributed by atoms with Crippen molar-refractivity contribution in [1.29, 1.82) is 0 Å². The summed E-state index contributed by atoms with van der Waals surface area (Å²) in [5.74, 6) is 1.49. The molecule has 2 rings (SSSR count). The van der Waals surface area contributed by atoms with E-state index in [9.17, 15) is 0 Å². The minimum Gasteiger partial charge on any atom is -0.480 e. The molecule has 0 aliphatic rings. The molecule has 0 unspecified atom stereocenters. The highest BCUT2D eigenvalue weighted by Crippen LogP contribution is 2.30. The SMILES string of the molecule is COc1cc(-c2ccc(C(C)C)cc2)c(OC)nn1. The molecule has 0 radical (unpaired) electrons. The van der Waals surface area contributed by atoms with Crippen LogP contribution in [0.3, 0.4) is 0 Å². The Kier molecular flexibility index (Phi) is 4.00. The Morgan fingerprint density at radius 2 is 1.63 bits per heavy atom. The summed E-state index contributed by atoms with van der Waals surface area (Å²) in [7, 11) is 3.16. The third-order valence-corrected chi connectivity index (χ3v) is 3.03. The number of rotatable bonds is 4. The maximum absolute atomic E-state index is 5.25. The van der Waals surface area contributed by atoms with Gasteiger partial charge in [0.2, 0.25) is 11.8 Å². The summed E-state index contributed by atoms with van der Waals surface area (Å²) < 4.78 is 10.4. The molecule has 0 saturated heterocycles. The van der Waals surface area contributed by atoms with Gasteiger partial charge in [0.15, 0.2) is 0 Å². The second-order valence-electron chi connectivity index (χ2n) is 4.59. The van der Waals surface area contributed by atoms with E-state index in [1.807, 2.05) is 6.07 Å². The number of hydrogen-bond acceptors (Lipinski definition) is 4. The smallest absolute Gasteiger partial charge is 0.241 e. The maximum Gasteiger partial charge on any atom is 0.241 e. The molecule has 0 aliphatic carbocycles. The fourth-order valence-electron chi connectivity index (χ4n) is 1.87. The van der Waals surface area contributed by atoms with Gasteiger partial charge in [-0.1, -0.05) is 38.1 Å². The molecule has 0 aliphatic heterocycles. The van der Waals surface area contributed by atoms with E-state index in [0.29, 0.717) is 17.7 Å². The first kappa shape index (κ1) is 13.3. The van der Waals surface area contributed by atoms with Gasteiger partial charge in [-0.3, -0.25) is 0 Å². The fraction of sp³-hybridized carbons (Fsp3) is 0.333. The van der Waals surface area contributed by atoms with Crippen molar-refractivity contribution in [3.63, 3.8) is 0 Å². The van der Waals surface area contributed by atoms with Crippen LogP contribution in [0.1, 0.15) is 25.3 Å². The average Bonchev–Trinajstić information content (AvgIpc) is 2.46. The predicted molar refractivity (Wildman–Crippen MR) is 74.7 cm³/mol. The van der Waals surface area contributed by atoms with Crippen LogP contribution in [0.25, 0.3) is 11.1 Å². The minimum atomic E-state index is 0.476. The van der Waals surface area contributed by atoms with Crippen LogP contribution in [0.15, 0.2) is 30.3 Å². The highest BCUT2D eigenvalue weighted by molar-refractivity contribution is 5.69. The van der Waals surface area contributed by atoms with E-state index in [-0.39, 0.29) is 0 Å². The number of aromatic nitrogens is 2. The summed E-state index contributed by atoms with van der Waals surface area (Å²) in [5, 5.41) is 7.91. The van der Waals surface area contributed by atoms with Crippen LogP contribution in [0.4, 0.5) is 0 Å². The summed E-state index contributed by atoms with van der Waals surface area (Å²) in [4.78, 5) is 0. The highest BCUT2D eigenvalue weighted by atomic mass is 16.5. The zero-order valence-electron chi connectivity index (χ0n) is 11.7. The first-order chi connectivity index (χ1) is 9.15. The van der Waals surface area contributed by atoms with Gasteiger partial charge in [-0.05, 0) is 17.0 Å². The van der Waals surface area contributed by atoms with Gasteiger partial charge in [-0.2, -0.15) is 0 Å². The molecule has 100 valence electrons. The lowest BCUT2D eigenvalue weighted by atomic mass is 9.99. The van der Waals surface area contributed by atoms with Gasteiger partial charge in [-0.15, -0.1) is 10.2 Å². The van der Waals surface area contributed by atoms with Gasteiger partial charge in [-0.25, -0.2) is 0 Å². The Morgan fingerprint density at radius 3 is 2.16 bits per heavy atom. The zero-order valence-corrected chi connectivity index (χ0v) is 11.7. The van der Waals surface area contributed by atoms with Crippen molar-refractivity contribution in [1.82, 2.24) is 10.2 Å². The van der Waals surface area contributed by atoms with E-state index in [2.05, 4.69) is 48.3 Å². The topological polar surface area (TPSA) is 44.2 Å². The van der Waals surface area contributed by atoms with Gasteiger partial charge >= 0.3 is 0 Å². The fourth-order valence-corrected chi connectivity index (χ4v) is 1.87. The molecule has 2 aromatic rings. The molecule has 0 N–H and O–H groups in total. The number of nitrogens with zero attached hydrogens (tertiary/aromatic N) is 2. The average molecular weight is 258 g/mol. The van der Waals surface area contributed by atoms with E-state index in [1.54, 1.807) is 14.2 Å². The Labute approximate surface area is 113 Å². The van der Waals surface area contributed by atoms with Gasteiger partial charge in [0.25, 0.3) is 0 Å². The normalized spacial score (nSPS) is 10.6. The van der Waals surface area contributed by atoms with Crippen LogP contribution in [0.2, 0.25) is 0 Å². The first-order valence-electron chi connectivity index (χ1n) is 6.21. The van der Waals surface area contributed by atoms with Crippen LogP contribution in [-0.2, 0) is 0 Å². The summed E-state index contributed by atoms with van der Waals surface area (Å²) in [6, 6.07) is 10.2. The Bertz CT molecular complexity index is 551. The van der Waals surface area contributed by atoms with E-state index in [0.717, 1.165) is 11.1 Å². The molecule has 4 heteroatoms. The van der Waals surface area contributed by atoms with Crippen molar-refractivity contribution >= 4 is 0 Å². The van der Waals surface area contributed by atoms with Crippen molar-refractivity contribution in [3.05, 3.63) is 35.9 Å². The Balaban J connectivity index is 2.44. The molecule has 0 spiro atoms. The van der Waals surface area contributed by atoms with Gasteiger partial charge < -0.3 is 9.47 Å². The largest absolute Gasteiger partial charge is 0.480 e. The molecular weight excluding hydrogens is 240 g/mol. The number of hydrogen-bond donors (Lipinski definition) is 0. The minimum absolute atomic E-state index is 0.476. The third-order valence-electron chi connectivity index (χ3n) is 3.03. The lowest BCUT2D eigenvalue weighted by molar-refractivity contribution is 0.369. The number of methoxy groups -OCH3 is 2. The van der Waals surface area contributed by atoms with E-state index >= 15 is 0 Å². The number of ether oxygens (including phenoxy) is 2. The van der Waals surface area contributed by atoms with E-state index in [1.165, 1.54) is 5.56 Å². The van der Waals surface area contributed by atoms with Crippen molar-refractivity contribution in [3.8, 4) is 22.9 Å². The van der Waals surface area contributed by atoms with Gasteiger partial charge in [0.1, 0.15) is 0 Å². The van der Waals surface area contributed by atoms with E-state index in [4.69, 9.17) is 9.47 Å². The molecular formula is C15H18N2O2. The third kappa shape index (κ3) is 2.84. The molecule has 4 nitrogen and oxygen atoms in total. The lowest BCUT2D eigenvalue weighted by Crippen LogP contribution is -1.97. The van der Waals surface area contributed by atoms with Crippen molar-refractivity contribution in [2.75, 3.05) is 14.2 Å². The Morgan fingerprint density at radius 1 is 0.947 bits per heavy atom. The van der Waals surface area contributed by atoms with Crippen LogP contribution < -0.4 is 9.47 Å². The van der Waals surface area contributed by atoms with Crippen LogP contribution in [-0.4, -0.2) is 24.4 Å². The maximum atomic E-state index is 5.25. The standard InChI is InChI=1S/C15H18N2O2/c1-10(2)11-5-7-12(8-6-11)13-9-14(18-3)16-17-15(13)19-4/h5-10H,1-4H3. The summed E-state index contributed by atoms with van der Waals surface area (Å²) in [6.07, 6.45) is 0. The quantitative estimate of drug-likeness (QED) is 0.844. The molecule has 1 heterocycles. The van der Waals surface area contributed by atoms with Crippen LogP contribution in [0, 0.1) is 0 Å².